The van der Waals surface area contributed by atoms with E-state index in [1.54, 1.807) is 0 Å². The van der Waals surface area contributed by atoms with Crippen molar-refractivity contribution in [1.29, 1.82) is 0 Å². The van der Waals surface area contributed by atoms with Crippen molar-refractivity contribution in [1.82, 2.24) is 9.78 Å². The summed E-state index contributed by atoms with van der Waals surface area (Å²) in [5, 5.41) is 5.57. The van der Waals surface area contributed by atoms with Gasteiger partial charge in [-0.15, -0.1) is 0 Å². The van der Waals surface area contributed by atoms with E-state index >= 15 is 0 Å². The molecule has 0 amide bonds. The molecule has 0 fully saturated rings. The van der Waals surface area contributed by atoms with Crippen LogP contribution in [0.1, 0.15) is 25.0 Å². The van der Waals surface area contributed by atoms with Gasteiger partial charge in [-0.3, -0.25) is 4.68 Å². The van der Waals surface area contributed by atoms with E-state index < -0.39 is 0 Å². The molecule has 0 bridgehead atoms. The first-order valence-corrected chi connectivity index (χ1v) is 7.30. The maximum absolute atomic E-state index is 5.99. The van der Waals surface area contributed by atoms with E-state index in [4.69, 9.17) is 4.74 Å². The second-order valence-corrected chi connectivity index (χ2v) is 4.92. The number of ether oxygens (including phenoxy) is 1. The first-order chi connectivity index (χ1) is 10.1. The molecular weight excluding hydrogens is 260 g/mol. The van der Waals surface area contributed by atoms with Gasteiger partial charge >= 0.3 is 0 Å². The summed E-state index contributed by atoms with van der Waals surface area (Å²) in [4.78, 5) is 0. The molecule has 3 rings (SSSR count). The van der Waals surface area contributed by atoms with E-state index in [2.05, 4.69) is 31.1 Å². The van der Waals surface area contributed by atoms with Crippen LogP contribution in [0.4, 0.5) is 0 Å². The molecule has 0 aliphatic carbocycles. The number of rotatable bonds is 2. The quantitative estimate of drug-likeness (QED) is 0.660. The van der Waals surface area contributed by atoms with E-state index in [1.807, 2.05) is 56.0 Å². The monoisotopic (exact) mass is 282 g/mol. The van der Waals surface area contributed by atoms with Crippen LogP contribution in [0.3, 0.4) is 0 Å². The summed E-state index contributed by atoms with van der Waals surface area (Å²) in [5.74, 6) is 1.65. The summed E-state index contributed by atoms with van der Waals surface area (Å²) in [6.45, 7) is 8.12. The Bertz CT molecular complexity index is 744. The highest BCUT2D eigenvalue weighted by atomic mass is 16.5. The van der Waals surface area contributed by atoms with Crippen molar-refractivity contribution in [3.63, 3.8) is 0 Å². The molecule has 110 valence electrons. The fraction of sp³-hybridized carbons (Fsp3) is 0.278. The molecule has 3 aromatic rings. The van der Waals surface area contributed by atoms with Crippen LogP contribution in [0.2, 0.25) is 0 Å². The van der Waals surface area contributed by atoms with Gasteiger partial charge in [0.1, 0.15) is 11.3 Å². The van der Waals surface area contributed by atoms with Crippen LogP contribution in [-0.2, 0) is 7.05 Å². The topological polar surface area (TPSA) is 27.1 Å². The molecule has 1 heterocycles. The third kappa shape index (κ3) is 3.43. The molecule has 3 nitrogen and oxygen atoms in total. The smallest absolute Gasteiger partial charge is 0.155 e. The first kappa shape index (κ1) is 15.1. The van der Waals surface area contributed by atoms with E-state index in [9.17, 15) is 0 Å². The predicted octanol–water partition coefficient (Wildman–Crippen LogP) is 5.01. The Hall–Kier alpha value is -2.29. The fourth-order valence-corrected chi connectivity index (χ4v) is 2.25. The van der Waals surface area contributed by atoms with Gasteiger partial charge in [-0.2, -0.15) is 5.10 Å². The molecule has 0 atom stereocenters. The standard InChI is InChI=1S/C16H16N2O.C2H6/c1-11-5-4-6-14(8-11)19-15-9-12(2)7-13-10-18(3)17-16(13)15;1-2/h4-10H,1-3H3;1-2H3. The fourth-order valence-electron chi connectivity index (χ4n) is 2.25. The summed E-state index contributed by atoms with van der Waals surface area (Å²) in [7, 11) is 1.92. The Labute approximate surface area is 126 Å². The Balaban J connectivity index is 0.000000774. The molecule has 21 heavy (non-hydrogen) atoms. The van der Waals surface area contributed by atoms with Crippen molar-refractivity contribution in [3.05, 3.63) is 53.7 Å². The second kappa shape index (κ2) is 6.44. The molecule has 0 radical (unpaired) electrons. The molecule has 2 aromatic carbocycles. The lowest BCUT2D eigenvalue weighted by Gasteiger charge is -2.08. The largest absolute Gasteiger partial charge is 0.455 e. The molecule has 0 saturated heterocycles. The Morgan fingerprint density at radius 3 is 2.48 bits per heavy atom. The number of fused-ring (bicyclic) bond motifs is 1. The highest BCUT2D eigenvalue weighted by Crippen LogP contribution is 2.30. The van der Waals surface area contributed by atoms with E-state index in [0.29, 0.717) is 0 Å². The third-order valence-electron chi connectivity index (χ3n) is 3.05. The Kier molecular flexibility index (Phi) is 4.63. The van der Waals surface area contributed by atoms with Gasteiger partial charge in [0, 0.05) is 18.6 Å². The highest BCUT2D eigenvalue weighted by molar-refractivity contribution is 5.85. The molecule has 1 aromatic heterocycles. The maximum atomic E-state index is 5.99. The van der Waals surface area contributed by atoms with Crippen LogP contribution in [0.5, 0.6) is 11.5 Å². The van der Waals surface area contributed by atoms with Gasteiger partial charge in [0.25, 0.3) is 0 Å². The van der Waals surface area contributed by atoms with Gasteiger partial charge in [-0.1, -0.05) is 26.0 Å². The molecule has 0 N–H and O–H groups in total. The molecule has 0 spiro atoms. The molecule has 0 aliphatic heterocycles. The SMILES string of the molecule is CC.Cc1cccc(Oc2cc(C)cc3cn(C)nc23)c1. The van der Waals surface area contributed by atoms with Crippen LogP contribution in [-0.4, -0.2) is 9.78 Å². The summed E-state index contributed by atoms with van der Waals surface area (Å²) in [6, 6.07) is 12.2. The van der Waals surface area contributed by atoms with Crippen LogP contribution < -0.4 is 4.74 Å². The predicted molar refractivity (Wildman–Crippen MR) is 88.1 cm³/mol. The zero-order valence-electron chi connectivity index (χ0n) is 13.3. The van der Waals surface area contributed by atoms with Gasteiger partial charge in [0.15, 0.2) is 5.75 Å². The van der Waals surface area contributed by atoms with Crippen LogP contribution in [0.15, 0.2) is 42.6 Å². The molecule has 3 heteroatoms. The number of nitrogens with zero attached hydrogens (tertiary/aromatic N) is 2. The summed E-state index contributed by atoms with van der Waals surface area (Å²) in [5.41, 5.74) is 3.25. The van der Waals surface area contributed by atoms with Crippen molar-refractivity contribution in [3.8, 4) is 11.5 Å². The lowest BCUT2D eigenvalue weighted by molar-refractivity contribution is 0.485. The first-order valence-electron chi connectivity index (χ1n) is 7.30. The Morgan fingerprint density at radius 1 is 1.00 bits per heavy atom. The minimum Gasteiger partial charge on any atom is -0.455 e. The zero-order valence-corrected chi connectivity index (χ0v) is 13.3. The third-order valence-corrected chi connectivity index (χ3v) is 3.05. The normalized spacial score (nSPS) is 10.1. The highest BCUT2D eigenvalue weighted by Gasteiger charge is 2.08. The van der Waals surface area contributed by atoms with Crippen LogP contribution >= 0.6 is 0 Å². The minimum atomic E-state index is 0.807. The van der Waals surface area contributed by atoms with Gasteiger partial charge in [-0.25, -0.2) is 0 Å². The lowest BCUT2D eigenvalue weighted by atomic mass is 10.1. The van der Waals surface area contributed by atoms with Crippen molar-refractivity contribution in [2.24, 2.45) is 7.05 Å². The summed E-state index contributed by atoms with van der Waals surface area (Å²) < 4.78 is 7.80. The lowest BCUT2D eigenvalue weighted by Crippen LogP contribution is -1.89. The van der Waals surface area contributed by atoms with E-state index in [1.165, 1.54) is 11.1 Å². The number of hydrogen-bond acceptors (Lipinski definition) is 2. The Morgan fingerprint density at radius 2 is 1.76 bits per heavy atom. The van der Waals surface area contributed by atoms with Gasteiger partial charge in [0.2, 0.25) is 0 Å². The van der Waals surface area contributed by atoms with E-state index in [-0.39, 0.29) is 0 Å². The van der Waals surface area contributed by atoms with Crippen LogP contribution in [0.25, 0.3) is 10.9 Å². The molecule has 0 aliphatic rings. The number of aryl methyl sites for hydroxylation is 3. The summed E-state index contributed by atoms with van der Waals surface area (Å²) in [6.07, 6.45) is 2.01. The number of hydrogen-bond donors (Lipinski definition) is 0. The van der Waals surface area contributed by atoms with E-state index in [0.717, 1.165) is 22.4 Å². The second-order valence-electron chi connectivity index (χ2n) is 4.92. The van der Waals surface area contributed by atoms with Crippen molar-refractivity contribution in [2.75, 3.05) is 0 Å². The zero-order chi connectivity index (χ0) is 15.4. The molecular formula is C18H22N2O. The van der Waals surface area contributed by atoms with Gasteiger partial charge in [0.05, 0.1) is 0 Å². The number of benzene rings is 2. The molecule has 0 unspecified atom stereocenters. The summed E-state index contributed by atoms with van der Waals surface area (Å²) >= 11 is 0. The maximum Gasteiger partial charge on any atom is 0.155 e. The van der Waals surface area contributed by atoms with Crippen LogP contribution in [0, 0.1) is 13.8 Å². The molecule has 0 saturated carbocycles. The minimum absolute atomic E-state index is 0.807. The van der Waals surface area contributed by atoms with Crippen molar-refractivity contribution >= 4 is 10.9 Å². The average molecular weight is 282 g/mol. The van der Waals surface area contributed by atoms with Crippen molar-refractivity contribution in [2.45, 2.75) is 27.7 Å². The average Bonchev–Trinajstić information content (AvgIpc) is 2.81. The van der Waals surface area contributed by atoms with Crippen molar-refractivity contribution < 1.29 is 4.74 Å². The van der Waals surface area contributed by atoms with Gasteiger partial charge in [-0.05, 0) is 49.2 Å². The number of aromatic nitrogens is 2. The van der Waals surface area contributed by atoms with Gasteiger partial charge < -0.3 is 4.74 Å².